The summed E-state index contributed by atoms with van der Waals surface area (Å²) in [6.45, 7) is 15.7. The molecule has 29 nitrogen and oxygen atoms in total. The van der Waals surface area contributed by atoms with Gasteiger partial charge < -0.3 is 71.3 Å². The number of fused-ring (bicyclic) bond motifs is 5. The Kier molecular flexibility index (Phi) is 31.3. The molecule has 0 aliphatic carbocycles. The van der Waals surface area contributed by atoms with E-state index in [0.29, 0.717) is 140 Å². The van der Waals surface area contributed by atoms with Crippen LogP contribution in [-0.4, -0.2) is 165 Å². The standard InChI is InChI=1S/C15H22N2O3S.C14H20N2O5S.C13H16N2O4S.C12H16N2O4S.C12H16N2O3S/c1-2-3-4-5-6-10-20-13-9-7-8-12-11-21(18,19)17-15(16)14(12)13;1-2-19-6-7-20-8-9-21-12-5-3-4-11-10-22(17,18)16-14(15)13(11)12;1-9(6-18-2)7-19-11-5-3-4-10-8-20(16,17)15-13(14)12(10)11;1-2-17-6-7-18-10-5-3-4-9-8-19(15,16)14-12(13)11(9)10;1-17-7-3-6-9-4-2-5-10-8-18(15,16)14-12(13)11(9)10/h7-9H,2-6,10-11H2,1H3,(H2,16,17);3-5H,2,6-10H2,1H3,(H2,15,16);3-5H,1,6-8H2,2H3,(H2,14,15);3-5H,2,6-8H2,1H3,(H2,13,14);2,4-5H,3,6-8H2,1H3,(H2,13,14). The van der Waals surface area contributed by atoms with Crippen LogP contribution >= 0.6 is 0 Å². The highest BCUT2D eigenvalue weighted by Crippen LogP contribution is 2.33. The number of hydrogen-bond acceptors (Lipinski definition) is 24. The Morgan fingerprint density at radius 2 is 0.700 bits per heavy atom. The summed E-state index contributed by atoms with van der Waals surface area (Å²) < 4.78 is 181. The smallest absolute Gasteiger partial charge is 0.259 e. The van der Waals surface area contributed by atoms with Gasteiger partial charge in [-0.3, -0.25) is 0 Å². The molecular weight excluding hydrogens is 1400 g/mol. The van der Waals surface area contributed by atoms with Crippen LogP contribution in [0.1, 0.15) is 120 Å². The van der Waals surface area contributed by atoms with Crippen molar-refractivity contribution in [2.75, 3.05) is 93.5 Å². The summed E-state index contributed by atoms with van der Waals surface area (Å²) in [6, 6.07) is 26.5. The molecule has 5 aromatic rings. The highest BCUT2D eigenvalue weighted by Gasteiger charge is 2.30. The van der Waals surface area contributed by atoms with Gasteiger partial charge in [0, 0.05) is 39.6 Å². The third kappa shape index (κ3) is 25.2. The SMILES string of the molecule is C=C(COC)COc1cccc2c1C(N)=NS(=O)(=O)C2.CCCCCCCOc1cccc2c1C(N)=NS(=O)(=O)C2.CCOCCOCCOc1cccc2c1C(N)=NS(=O)(=O)C2.CCOCCOc1cccc2c1C(N)=NS(=O)(=O)C2.COCCCc1cccc2c1C(N)=NS(=O)(=O)C2. The second-order valence-corrected chi connectivity index (χ2v) is 30.8. The van der Waals surface area contributed by atoms with Gasteiger partial charge in [-0.1, -0.05) is 106 Å². The van der Waals surface area contributed by atoms with Crippen molar-refractivity contribution < 1.29 is 84.7 Å². The second-order valence-electron chi connectivity index (χ2n) is 22.7. The van der Waals surface area contributed by atoms with Gasteiger partial charge in [-0.25, -0.2) is 42.1 Å². The summed E-state index contributed by atoms with van der Waals surface area (Å²) >= 11 is 0. The number of nitrogens with two attached hydrogens (primary N) is 5. The van der Waals surface area contributed by atoms with E-state index in [0.717, 1.165) is 47.9 Å². The largest absolute Gasteiger partial charge is 0.493 e. The minimum Gasteiger partial charge on any atom is -0.493 e. The first-order valence-corrected chi connectivity index (χ1v) is 40.0. The van der Waals surface area contributed by atoms with E-state index in [1.807, 2.05) is 32.0 Å². The molecule has 0 fully saturated rings. The molecule has 0 atom stereocenters. The first-order valence-electron chi connectivity index (χ1n) is 32.0. The highest BCUT2D eigenvalue weighted by atomic mass is 32.2. The minimum atomic E-state index is -3.53. The summed E-state index contributed by atoms with van der Waals surface area (Å²) in [6.07, 6.45) is 7.47. The summed E-state index contributed by atoms with van der Waals surface area (Å²) in [5.74, 6) is 1.54. The van der Waals surface area contributed by atoms with Gasteiger partial charge in [0.25, 0.3) is 50.1 Å². The Labute approximate surface area is 586 Å². The fourth-order valence-corrected chi connectivity index (χ4v) is 16.0. The maximum Gasteiger partial charge on any atom is 0.259 e. The summed E-state index contributed by atoms with van der Waals surface area (Å²) in [5.41, 5.74) is 36.8. The van der Waals surface area contributed by atoms with Gasteiger partial charge >= 0.3 is 0 Å². The predicted molar refractivity (Wildman–Crippen MR) is 385 cm³/mol. The molecule has 100 heavy (non-hydrogen) atoms. The van der Waals surface area contributed by atoms with Gasteiger partial charge in [0.1, 0.15) is 72.0 Å². The number of ether oxygens (including phenoxy) is 9. The van der Waals surface area contributed by atoms with Crippen LogP contribution in [0.2, 0.25) is 0 Å². The summed E-state index contributed by atoms with van der Waals surface area (Å²) in [4.78, 5) is 0. The molecule has 548 valence electrons. The van der Waals surface area contributed by atoms with Crippen molar-refractivity contribution in [2.45, 2.75) is 94.5 Å². The van der Waals surface area contributed by atoms with Gasteiger partial charge in [0.05, 0.1) is 90.7 Å². The molecule has 5 aliphatic rings. The summed E-state index contributed by atoms with van der Waals surface area (Å²) in [7, 11) is -14.3. The zero-order valence-electron chi connectivity index (χ0n) is 56.8. The number of unbranched alkanes of at least 4 members (excludes halogenated alkanes) is 4. The van der Waals surface area contributed by atoms with Gasteiger partial charge in [-0.2, -0.15) is 0 Å². The van der Waals surface area contributed by atoms with Crippen LogP contribution in [0, 0.1) is 0 Å². The van der Waals surface area contributed by atoms with Crippen molar-refractivity contribution >= 4 is 79.3 Å². The van der Waals surface area contributed by atoms with E-state index in [-0.39, 0.29) is 64.5 Å². The van der Waals surface area contributed by atoms with Gasteiger partial charge in [0.15, 0.2) is 0 Å². The van der Waals surface area contributed by atoms with Crippen LogP contribution in [0.5, 0.6) is 23.0 Å². The Morgan fingerprint density at radius 3 is 1.08 bits per heavy atom. The van der Waals surface area contributed by atoms with E-state index in [9.17, 15) is 42.1 Å². The molecule has 0 unspecified atom stereocenters. The van der Waals surface area contributed by atoms with Crippen molar-refractivity contribution in [1.82, 2.24) is 0 Å². The number of methoxy groups -OCH3 is 2. The van der Waals surface area contributed by atoms with E-state index < -0.39 is 50.1 Å². The molecule has 0 saturated heterocycles. The molecule has 0 aromatic heterocycles. The molecule has 5 aromatic carbocycles. The van der Waals surface area contributed by atoms with Gasteiger partial charge in [-0.05, 0) is 96.3 Å². The lowest BCUT2D eigenvalue weighted by Gasteiger charge is -2.18. The topological polar surface area (TPSA) is 446 Å². The number of aryl methyl sites for hydroxylation is 1. The molecule has 10 N–H and O–H groups in total. The number of rotatable bonds is 29. The predicted octanol–water partition coefficient (Wildman–Crippen LogP) is 5.53. The first kappa shape index (κ1) is 80.9. The van der Waals surface area contributed by atoms with Crippen LogP contribution in [0.3, 0.4) is 0 Å². The van der Waals surface area contributed by atoms with Crippen molar-refractivity contribution in [1.29, 1.82) is 0 Å². The normalized spacial score (nSPS) is 16.4. The first-order chi connectivity index (χ1) is 47.6. The van der Waals surface area contributed by atoms with Crippen LogP contribution in [0.15, 0.2) is 125 Å². The molecule has 0 amide bonds. The van der Waals surface area contributed by atoms with Crippen LogP contribution in [0.4, 0.5) is 0 Å². The van der Waals surface area contributed by atoms with Crippen molar-refractivity contribution in [3.8, 4) is 23.0 Å². The summed E-state index contributed by atoms with van der Waals surface area (Å²) in [5, 5.41) is 0. The van der Waals surface area contributed by atoms with Crippen LogP contribution in [0.25, 0.3) is 0 Å². The van der Waals surface area contributed by atoms with Crippen molar-refractivity contribution in [3.63, 3.8) is 0 Å². The molecule has 0 radical (unpaired) electrons. The van der Waals surface area contributed by atoms with Crippen LogP contribution < -0.4 is 47.6 Å². The fourth-order valence-electron chi connectivity index (χ4n) is 10.5. The molecule has 0 saturated carbocycles. The molecular formula is C66H90N10O19S5. The van der Waals surface area contributed by atoms with Crippen LogP contribution in [-0.2, 0) is 109 Å². The number of benzene rings is 5. The van der Waals surface area contributed by atoms with Crippen molar-refractivity contribution in [2.24, 2.45) is 50.7 Å². The Morgan fingerprint density at radius 1 is 0.370 bits per heavy atom. The monoisotopic (exact) mass is 1490 g/mol. The average molecular weight is 1490 g/mol. The molecule has 5 heterocycles. The molecule has 34 heteroatoms. The molecule has 5 aliphatic heterocycles. The lowest BCUT2D eigenvalue weighted by atomic mass is 9.97. The zero-order valence-corrected chi connectivity index (χ0v) is 60.8. The Hall–Kier alpha value is -8.06. The minimum absolute atomic E-state index is 0.0201. The number of nitrogens with zero attached hydrogens (tertiary/aromatic N) is 5. The average Bonchev–Trinajstić information content (AvgIpc) is 0.820. The maximum atomic E-state index is 11.6. The van der Waals surface area contributed by atoms with E-state index >= 15 is 0 Å². The van der Waals surface area contributed by atoms with E-state index in [1.54, 1.807) is 87.0 Å². The van der Waals surface area contributed by atoms with Crippen molar-refractivity contribution in [3.05, 3.63) is 164 Å². The maximum absolute atomic E-state index is 11.6. The van der Waals surface area contributed by atoms with E-state index in [1.165, 1.54) is 19.3 Å². The number of hydrogen-bond donors (Lipinski definition) is 5. The lowest BCUT2D eigenvalue weighted by Crippen LogP contribution is -2.25. The second kappa shape index (κ2) is 38.7. The zero-order chi connectivity index (χ0) is 73.1. The Balaban J connectivity index is 0.000000197. The fraction of sp³-hybridized carbons (Fsp3) is 0.439. The number of amidine groups is 5. The van der Waals surface area contributed by atoms with E-state index in [2.05, 4.69) is 35.5 Å². The van der Waals surface area contributed by atoms with Gasteiger partial charge in [-0.15, -0.1) is 22.0 Å². The molecule has 0 spiro atoms. The molecule has 10 rings (SSSR count). The highest BCUT2D eigenvalue weighted by molar-refractivity contribution is 7.90. The van der Waals surface area contributed by atoms with E-state index in [4.69, 9.17) is 71.3 Å². The third-order valence-corrected chi connectivity index (χ3v) is 20.4. The quantitative estimate of drug-likeness (QED) is 0.0290. The lowest BCUT2D eigenvalue weighted by molar-refractivity contribution is 0.0404. The third-order valence-electron chi connectivity index (χ3n) is 14.7. The molecule has 0 bridgehead atoms. The number of sulfonamides is 5. The van der Waals surface area contributed by atoms with Gasteiger partial charge in [0.2, 0.25) is 0 Å². The Bertz CT molecular complexity index is 4400.